The van der Waals surface area contributed by atoms with Gasteiger partial charge < -0.3 is 21.5 Å². The molecule has 30 heavy (non-hydrogen) atoms. The second-order valence-electron chi connectivity index (χ2n) is 7.07. The molecule has 0 saturated carbocycles. The number of aliphatic imine (C=N–C) groups is 1. The minimum Gasteiger partial charge on any atom is -0.494 e. The summed E-state index contributed by atoms with van der Waals surface area (Å²) in [7, 11) is 0. The molecule has 0 spiro atoms. The number of anilines is 3. The lowest BCUT2D eigenvalue weighted by Crippen LogP contribution is -2.33. The van der Waals surface area contributed by atoms with Crippen LogP contribution in [0.5, 0.6) is 5.75 Å². The average molecular weight is 404 g/mol. The van der Waals surface area contributed by atoms with Gasteiger partial charge in [-0.1, -0.05) is 13.3 Å². The summed E-state index contributed by atoms with van der Waals surface area (Å²) < 4.78 is 5.86. The maximum Gasteiger partial charge on any atom is 0.211 e. The monoisotopic (exact) mass is 404 g/mol. The van der Waals surface area contributed by atoms with Crippen LogP contribution in [0.15, 0.2) is 17.1 Å². The summed E-state index contributed by atoms with van der Waals surface area (Å²) in [4.78, 5) is 8.93. The fourth-order valence-electron chi connectivity index (χ4n) is 3.57. The molecule has 9 nitrogen and oxygen atoms in total. The van der Waals surface area contributed by atoms with Crippen LogP contribution in [0, 0.1) is 36.6 Å². The van der Waals surface area contributed by atoms with Gasteiger partial charge >= 0.3 is 0 Å². The van der Waals surface area contributed by atoms with E-state index in [1.807, 2.05) is 38.2 Å². The minimum absolute atomic E-state index is 0.0197. The van der Waals surface area contributed by atoms with E-state index < -0.39 is 6.04 Å². The topological polar surface area (TPSA) is 158 Å². The molecule has 1 aromatic carbocycles. The highest BCUT2D eigenvalue weighted by atomic mass is 16.5. The number of ether oxygens (including phenoxy) is 1. The first-order chi connectivity index (χ1) is 14.4. The number of unbranched alkanes of at least 4 members (excludes halogenated alkanes) is 1. The molecule has 1 unspecified atom stereocenters. The van der Waals surface area contributed by atoms with Gasteiger partial charge in [-0.2, -0.15) is 10.5 Å². The van der Waals surface area contributed by atoms with Crippen molar-refractivity contribution in [2.75, 3.05) is 23.4 Å². The molecule has 0 bridgehead atoms. The van der Waals surface area contributed by atoms with Gasteiger partial charge in [0.1, 0.15) is 35.1 Å². The summed E-state index contributed by atoms with van der Waals surface area (Å²) in [5.74, 6) is 1.40. The lowest BCUT2D eigenvalue weighted by atomic mass is 9.89. The maximum atomic E-state index is 9.46. The van der Waals surface area contributed by atoms with Crippen LogP contribution < -0.4 is 26.8 Å². The molecule has 0 saturated heterocycles. The van der Waals surface area contributed by atoms with E-state index in [1.54, 1.807) is 0 Å². The maximum absolute atomic E-state index is 9.46. The predicted octanol–water partition coefficient (Wildman–Crippen LogP) is 2.86. The van der Waals surface area contributed by atoms with Crippen molar-refractivity contribution in [1.82, 2.24) is 10.3 Å². The number of fused-ring (bicyclic) bond motifs is 1. The first-order valence-corrected chi connectivity index (χ1v) is 9.64. The first kappa shape index (κ1) is 20.7. The van der Waals surface area contributed by atoms with Gasteiger partial charge in [-0.3, -0.25) is 5.32 Å². The molecule has 1 aliphatic rings. The predicted molar refractivity (Wildman–Crippen MR) is 116 cm³/mol. The molecule has 1 aromatic heterocycles. The van der Waals surface area contributed by atoms with E-state index in [0.717, 1.165) is 35.3 Å². The van der Waals surface area contributed by atoms with Gasteiger partial charge in [-0.25, -0.2) is 9.98 Å². The Balaban J connectivity index is 2.16. The number of nitrogens with two attached hydrogens (primary N) is 2. The third-order valence-electron chi connectivity index (χ3n) is 4.96. The van der Waals surface area contributed by atoms with Gasteiger partial charge in [0.25, 0.3) is 0 Å². The SMILES string of the molecule is CCCCOc1cc(C)c(C2N=C(NC#N)Nc3nc(N)c(C#N)c(N)c32)c(C)c1. The van der Waals surface area contributed by atoms with E-state index in [2.05, 4.69) is 27.5 Å². The van der Waals surface area contributed by atoms with Crippen molar-refractivity contribution in [2.24, 2.45) is 4.99 Å². The summed E-state index contributed by atoms with van der Waals surface area (Å²) in [5, 5.41) is 24.0. The molecule has 154 valence electrons. The number of nitrogens with one attached hydrogen (secondary N) is 2. The number of nitrogen functional groups attached to an aromatic ring is 2. The molecule has 9 heteroatoms. The zero-order valence-corrected chi connectivity index (χ0v) is 17.2. The fraction of sp³-hybridized carbons (Fsp3) is 0.333. The second-order valence-corrected chi connectivity index (χ2v) is 7.07. The first-order valence-electron chi connectivity index (χ1n) is 9.64. The Bertz CT molecular complexity index is 1070. The number of hydrogen-bond acceptors (Lipinski definition) is 9. The van der Waals surface area contributed by atoms with Crippen LogP contribution in [-0.2, 0) is 0 Å². The van der Waals surface area contributed by atoms with E-state index in [0.29, 0.717) is 18.0 Å². The normalized spacial score (nSPS) is 14.6. The van der Waals surface area contributed by atoms with Crippen molar-refractivity contribution in [2.45, 2.75) is 39.7 Å². The van der Waals surface area contributed by atoms with Crippen molar-refractivity contribution in [3.05, 3.63) is 39.9 Å². The Morgan fingerprint density at radius 2 is 1.90 bits per heavy atom. The molecule has 1 atom stereocenters. The lowest BCUT2D eigenvalue weighted by molar-refractivity contribution is 0.309. The van der Waals surface area contributed by atoms with E-state index in [1.165, 1.54) is 0 Å². The number of pyridine rings is 1. The highest BCUT2D eigenvalue weighted by Crippen LogP contribution is 2.43. The van der Waals surface area contributed by atoms with Gasteiger partial charge in [0.15, 0.2) is 6.19 Å². The van der Waals surface area contributed by atoms with E-state index in [9.17, 15) is 5.26 Å². The Hall–Kier alpha value is -3.98. The number of guanidine groups is 1. The fourth-order valence-corrected chi connectivity index (χ4v) is 3.57. The molecule has 0 aliphatic carbocycles. The number of rotatable bonds is 5. The van der Waals surface area contributed by atoms with Crippen LogP contribution in [0.3, 0.4) is 0 Å². The van der Waals surface area contributed by atoms with Crippen molar-refractivity contribution < 1.29 is 4.74 Å². The number of hydrogen-bond donors (Lipinski definition) is 4. The molecule has 2 heterocycles. The largest absolute Gasteiger partial charge is 0.494 e. The Morgan fingerprint density at radius 1 is 1.20 bits per heavy atom. The summed E-state index contributed by atoms with van der Waals surface area (Å²) >= 11 is 0. The Kier molecular flexibility index (Phi) is 5.93. The van der Waals surface area contributed by atoms with Crippen molar-refractivity contribution in [3.8, 4) is 18.0 Å². The quantitative estimate of drug-likeness (QED) is 0.336. The van der Waals surface area contributed by atoms with Crippen LogP contribution in [0.2, 0.25) is 0 Å². The molecule has 0 amide bonds. The van der Waals surface area contributed by atoms with Crippen LogP contribution in [0.25, 0.3) is 0 Å². The number of aryl methyl sites for hydroxylation is 2. The molecule has 3 rings (SSSR count). The number of nitriles is 2. The van der Waals surface area contributed by atoms with Crippen LogP contribution in [-0.4, -0.2) is 17.6 Å². The third kappa shape index (κ3) is 3.78. The molecule has 6 N–H and O–H groups in total. The molecule has 2 aromatic rings. The van der Waals surface area contributed by atoms with Gasteiger partial charge in [0.05, 0.1) is 12.3 Å². The second kappa shape index (κ2) is 8.58. The molecule has 0 fully saturated rings. The number of benzene rings is 1. The molecular formula is C21H24N8O. The van der Waals surface area contributed by atoms with Crippen molar-refractivity contribution in [3.63, 3.8) is 0 Å². The molecule has 0 radical (unpaired) electrons. The summed E-state index contributed by atoms with van der Waals surface area (Å²) in [6.45, 7) is 6.70. The standard InChI is InChI=1S/C21H24N8O/c1-4-5-6-30-13-7-11(2)15(12(3)8-13)18-16-17(24)14(9-22)19(25)28-20(16)29-21(27-18)26-10-23/h7-8,18H,4-6H2,1-3H3,(H6,24,25,26,27,28,29). The smallest absolute Gasteiger partial charge is 0.211 e. The highest BCUT2D eigenvalue weighted by Gasteiger charge is 2.31. The van der Waals surface area contributed by atoms with Crippen LogP contribution >= 0.6 is 0 Å². The van der Waals surface area contributed by atoms with Crippen molar-refractivity contribution in [1.29, 1.82) is 10.5 Å². The Labute approximate surface area is 175 Å². The van der Waals surface area contributed by atoms with Gasteiger partial charge in [-0.15, -0.1) is 0 Å². The molecular weight excluding hydrogens is 380 g/mol. The van der Waals surface area contributed by atoms with Gasteiger partial charge in [0, 0.05) is 5.56 Å². The molecule has 1 aliphatic heterocycles. The summed E-state index contributed by atoms with van der Waals surface area (Å²) in [6.07, 6.45) is 3.89. The minimum atomic E-state index is -0.568. The lowest BCUT2D eigenvalue weighted by Gasteiger charge is -2.28. The van der Waals surface area contributed by atoms with E-state index in [-0.39, 0.29) is 23.0 Å². The summed E-state index contributed by atoms with van der Waals surface area (Å²) in [5.41, 5.74) is 15.9. The Morgan fingerprint density at radius 3 is 2.50 bits per heavy atom. The zero-order valence-electron chi connectivity index (χ0n) is 17.2. The highest BCUT2D eigenvalue weighted by molar-refractivity contribution is 5.98. The van der Waals surface area contributed by atoms with Gasteiger partial charge in [-0.05, 0) is 49.1 Å². The van der Waals surface area contributed by atoms with Crippen LogP contribution in [0.1, 0.15) is 53.6 Å². The van der Waals surface area contributed by atoms with Crippen molar-refractivity contribution >= 4 is 23.3 Å². The third-order valence-corrected chi connectivity index (χ3v) is 4.96. The zero-order chi connectivity index (χ0) is 21.8. The van der Waals surface area contributed by atoms with E-state index >= 15 is 0 Å². The number of aromatic nitrogens is 1. The number of nitrogens with zero attached hydrogens (tertiary/aromatic N) is 4. The van der Waals surface area contributed by atoms with Crippen LogP contribution in [0.4, 0.5) is 17.3 Å². The van der Waals surface area contributed by atoms with Gasteiger partial charge in [0.2, 0.25) is 5.96 Å². The summed E-state index contributed by atoms with van der Waals surface area (Å²) in [6, 6.07) is 5.36. The average Bonchev–Trinajstić information content (AvgIpc) is 2.68. The van der Waals surface area contributed by atoms with E-state index in [4.69, 9.17) is 21.5 Å².